The third kappa shape index (κ3) is 2.73. The Morgan fingerprint density at radius 3 is 2.88 bits per heavy atom. The molecule has 0 radical (unpaired) electrons. The van der Waals surface area contributed by atoms with Gasteiger partial charge < -0.3 is 0 Å². The zero-order valence-corrected chi connectivity index (χ0v) is 10.9. The Balaban J connectivity index is 2.03. The lowest BCUT2D eigenvalue weighted by Crippen LogP contribution is -2.29. The van der Waals surface area contributed by atoms with E-state index in [2.05, 4.69) is 23.9 Å². The molecule has 17 heavy (non-hydrogen) atoms. The van der Waals surface area contributed by atoms with E-state index in [4.69, 9.17) is 0 Å². The van der Waals surface area contributed by atoms with E-state index in [0.29, 0.717) is 17.6 Å². The van der Waals surface area contributed by atoms with Crippen molar-refractivity contribution in [2.75, 3.05) is 0 Å². The first-order valence-corrected chi connectivity index (χ1v) is 6.43. The fraction of sp³-hybridized carbons (Fsp3) is 0.769. The van der Waals surface area contributed by atoms with E-state index in [9.17, 15) is 4.79 Å². The van der Waals surface area contributed by atoms with Crippen LogP contribution >= 0.6 is 0 Å². The third-order valence-corrected chi connectivity index (χ3v) is 3.98. The Kier molecular flexibility index (Phi) is 3.60. The van der Waals surface area contributed by atoms with Gasteiger partial charge in [-0.2, -0.15) is 5.10 Å². The highest BCUT2D eigenvalue weighted by Crippen LogP contribution is 2.33. The lowest BCUT2D eigenvalue weighted by atomic mass is 9.74. The van der Waals surface area contributed by atoms with E-state index in [1.165, 1.54) is 0 Å². The van der Waals surface area contributed by atoms with E-state index in [1.54, 1.807) is 11.0 Å². The van der Waals surface area contributed by atoms with Crippen molar-refractivity contribution >= 4 is 5.78 Å². The lowest BCUT2D eigenvalue weighted by Gasteiger charge is -2.30. The number of Topliss-reactive ketones (excluding diaryl/α,β-unsaturated/α-hetero) is 1. The zero-order chi connectivity index (χ0) is 12.4. The number of ketones is 1. The van der Waals surface area contributed by atoms with Crippen LogP contribution in [0.3, 0.4) is 0 Å². The molecule has 0 amide bonds. The van der Waals surface area contributed by atoms with Gasteiger partial charge in [-0.1, -0.05) is 13.8 Å². The number of aryl methyl sites for hydroxylation is 1. The number of aromatic nitrogens is 3. The molecule has 4 nitrogen and oxygen atoms in total. The van der Waals surface area contributed by atoms with Crippen LogP contribution in [0, 0.1) is 17.8 Å². The highest BCUT2D eigenvalue weighted by Gasteiger charge is 2.30. The van der Waals surface area contributed by atoms with Gasteiger partial charge in [0.25, 0.3) is 0 Å². The fourth-order valence-electron chi connectivity index (χ4n) is 2.67. The van der Waals surface area contributed by atoms with Crippen LogP contribution in [0.4, 0.5) is 0 Å². The Morgan fingerprint density at radius 2 is 2.29 bits per heavy atom. The topological polar surface area (TPSA) is 47.8 Å². The minimum Gasteiger partial charge on any atom is -0.299 e. The monoisotopic (exact) mass is 235 g/mol. The van der Waals surface area contributed by atoms with Gasteiger partial charge in [-0.05, 0) is 24.7 Å². The summed E-state index contributed by atoms with van der Waals surface area (Å²) in [6.45, 7) is 4.50. The van der Waals surface area contributed by atoms with E-state index >= 15 is 0 Å². The summed E-state index contributed by atoms with van der Waals surface area (Å²) >= 11 is 0. The average molecular weight is 235 g/mol. The molecule has 1 heterocycles. The zero-order valence-electron chi connectivity index (χ0n) is 10.9. The smallest absolute Gasteiger partial charge is 0.138 e. The first-order valence-electron chi connectivity index (χ1n) is 6.43. The maximum Gasteiger partial charge on any atom is 0.138 e. The van der Waals surface area contributed by atoms with Gasteiger partial charge in [-0.25, -0.2) is 4.98 Å². The molecule has 1 saturated carbocycles. The standard InChI is InChI=1S/C13H21N3O/c1-9(2)10-4-5-12(17)11(6-10)7-13-14-8-15-16(13)3/h8-11H,4-7H2,1-3H3. The van der Waals surface area contributed by atoms with Crippen LogP contribution in [0.2, 0.25) is 0 Å². The molecule has 1 aliphatic carbocycles. The van der Waals surface area contributed by atoms with Crippen LogP contribution in [0.15, 0.2) is 6.33 Å². The van der Waals surface area contributed by atoms with Crippen molar-refractivity contribution < 1.29 is 4.79 Å². The number of rotatable bonds is 3. The predicted octanol–water partition coefficient (Wildman–Crippen LogP) is 2.00. The highest BCUT2D eigenvalue weighted by atomic mass is 16.1. The normalized spacial score (nSPS) is 25.5. The molecule has 1 fully saturated rings. The number of nitrogens with zero attached hydrogens (tertiary/aromatic N) is 3. The van der Waals surface area contributed by atoms with Crippen molar-refractivity contribution in [2.45, 2.75) is 39.5 Å². The molecule has 2 atom stereocenters. The van der Waals surface area contributed by atoms with Crippen LogP contribution in [-0.2, 0) is 18.3 Å². The van der Waals surface area contributed by atoms with Crippen LogP contribution in [0.5, 0.6) is 0 Å². The summed E-state index contributed by atoms with van der Waals surface area (Å²) in [4.78, 5) is 16.2. The van der Waals surface area contributed by atoms with Gasteiger partial charge in [-0.3, -0.25) is 9.48 Å². The summed E-state index contributed by atoms with van der Waals surface area (Å²) in [5.74, 6) is 2.84. The Bertz CT molecular complexity index is 397. The van der Waals surface area contributed by atoms with Crippen LogP contribution in [-0.4, -0.2) is 20.5 Å². The van der Waals surface area contributed by atoms with Crippen molar-refractivity contribution in [3.8, 4) is 0 Å². The minimum absolute atomic E-state index is 0.152. The van der Waals surface area contributed by atoms with Crippen LogP contribution in [0.1, 0.15) is 38.9 Å². The summed E-state index contributed by atoms with van der Waals surface area (Å²) in [5, 5.41) is 4.06. The van der Waals surface area contributed by atoms with E-state index in [1.807, 2.05) is 7.05 Å². The van der Waals surface area contributed by atoms with Gasteiger partial charge in [0, 0.05) is 25.8 Å². The lowest BCUT2D eigenvalue weighted by molar-refractivity contribution is -0.126. The maximum absolute atomic E-state index is 11.9. The summed E-state index contributed by atoms with van der Waals surface area (Å²) < 4.78 is 1.77. The Labute approximate surface area is 102 Å². The second-order valence-electron chi connectivity index (χ2n) is 5.45. The van der Waals surface area contributed by atoms with Crippen molar-refractivity contribution in [3.05, 3.63) is 12.2 Å². The number of hydrogen-bond acceptors (Lipinski definition) is 3. The fourth-order valence-corrected chi connectivity index (χ4v) is 2.67. The first kappa shape index (κ1) is 12.3. The molecule has 1 aromatic heterocycles. The average Bonchev–Trinajstić information content (AvgIpc) is 2.67. The van der Waals surface area contributed by atoms with Gasteiger partial charge in [0.2, 0.25) is 0 Å². The molecule has 0 bridgehead atoms. The minimum atomic E-state index is 0.152. The summed E-state index contributed by atoms with van der Waals surface area (Å²) in [7, 11) is 1.88. The quantitative estimate of drug-likeness (QED) is 0.805. The molecule has 2 rings (SSSR count). The van der Waals surface area contributed by atoms with Gasteiger partial charge in [0.05, 0.1) is 0 Å². The van der Waals surface area contributed by atoms with Crippen molar-refractivity contribution in [1.29, 1.82) is 0 Å². The molecule has 0 aromatic carbocycles. The maximum atomic E-state index is 11.9. The molecule has 1 aliphatic rings. The number of hydrogen-bond donors (Lipinski definition) is 0. The number of carbonyl (C=O) groups excluding carboxylic acids is 1. The third-order valence-electron chi connectivity index (χ3n) is 3.98. The largest absolute Gasteiger partial charge is 0.299 e. The van der Waals surface area contributed by atoms with Gasteiger partial charge in [0.1, 0.15) is 17.9 Å². The summed E-state index contributed by atoms with van der Waals surface area (Å²) in [5.41, 5.74) is 0. The van der Waals surface area contributed by atoms with E-state index < -0.39 is 0 Å². The van der Waals surface area contributed by atoms with Crippen molar-refractivity contribution in [1.82, 2.24) is 14.8 Å². The Morgan fingerprint density at radius 1 is 1.53 bits per heavy atom. The van der Waals surface area contributed by atoms with Crippen molar-refractivity contribution in [3.63, 3.8) is 0 Å². The molecular formula is C13H21N3O. The molecule has 2 unspecified atom stereocenters. The first-order chi connectivity index (χ1) is 8.08. The molecule has 4 heteroatoms. The number of carbonyl (C=O) groups is 1. The second kappa shape index (κ2) is 4.98. The highest BCUT2D eigenvalue weighted by molar-refractivity contribution is 5.81. The molecule has 0 aliphatic heterocycles. The van der Waals surface area contributed by atoms with Crippen molar-refractivity contribution in [2.24, 2.45) is 24.8 Å². The molecule has 1 aromatic rings. The molecule has 94 valence electrons. The summed E-state index contributed by atoms with van der Waals surface area (Å²) in [6, 6.07) is 0. The molecule has 0 spiro atoms. The molecule has 0 N–H and O–H groups in total. The summed E-state index contributed by atoms with van der Waals surface area (Å²) in [6.07, 6.45) is 5.13. The van der Waals surface area contributed by atoms with Gasteiger partial charge in [0.15, 0.2) is 0 Å². The van der Waals surface area contributed by atoms with E-state index in [0.717, 1.165) is 31.5 Å². The van der Waals surface area contributed by atoms with Crippen LogP contribution < -0.4 is 0 Å². The SMILES string of the molecule is CC(C)C1CCC(=O)C(Cc2ncnn2C)C1. The van der Waals surface area contributed by atoms with E-state index in [-0.39, 0.29) is 5.92 Å². The Hall–Kier alpha value is -1.19. The van der Waals surface area contributed by atoms with Gasteiger partial charge in [-0.15, -0.1) is 0 Å². The molecular weight excluding hydrogens is 214 g/mol. The second-order valence-corrected chi connectivity index (χ2v) is 5.45. The predicted molar refractivity (Wildman–Crippen MR) is 65.4 cm³/mol. The van der Waals surface area contributed by atoms with Gasteiger partial charge >= 0.3 is 0 Å². The molecule has 0 saturated heterocycles. The van der Waals surface area contributed by atoms with Crippen LogP contribution in [0.25, 0.3) is 0 Å².